The maximum absolute atomic E-state index is 14.0. The summed E-state index contributed by atoms with van der Waals surface area (Å²) in [5.41, 5.74) is 0.980. The minimum atomic E-state index is -0.745. The lowest BCUT2D eigenvalue weighted by atomic mass is 10.1. The van der Waals surface area contributed by atoms with Crippen LogP contribution in [-0.2, 0) is 4.79 Å². The molecule has 128 valence electrons. The first kappa shape index (κ1) is 16.0. The molecule has 0 bridgehead atoms. The van der Waals surface area contributed by atoms with Crippen LogP contribution in [0.4, 0.5) is 10.2 Å². The van der Waals surface area contributed by atoms with Crippen LogP contribution in [0.5, 0.6) is 0 Å². The number of amides is 1. The van der Waals surface area contributed by atoms with Crippen LogP contribution >= 0.6 is 0 Å². The van der Waals surface area contributed by atoms with Crippen LogP contribution in [0.15, 0.2) is 79.1 Å². The maximum Gasteiger partial charge on any atom is 0.254 e. The van der Waals surface area contributed by atoms with Crippen molar-refractivity contribution in [2.75, 3.05) is 5.32 Å². The van der Waals surface area contributed by atoms with E-state index in [0.29, 0.717) is 11.2 Å². The average molecular weight is 346 g/mol. The van der Waals surface area contributed by atoms with E-state index >= 15 is 0 Å². The first-order valence-electron chi connectivity index (χ1n) is 8.12. The van der Waals surface area contributed by atoms with Crippen molar-refractivity contribution in [2.45, 2.75) is 6.04 Å². The number of aromatic nitrogens is 3. The van der Waals surface area contributed by atoms with Crippen molar-refractivity contribution in [3.05, 3.63) is 90.5 Å². The fourth-order valence-corrected chi connectivity index (χ4v) is 2.85. The number of carbonyl (C=O) groups is 1. The molecule has 0 aliphatic rings. The van der Waals surface area contributed by atoms with E-state index < -0.39 is 11.9 Å². The summed E-state index contributed by atoms with van der Waals surface area (Å²) in [6.45, 7) is 0. The van der Waals surface area contributed by atoms with Crippen LogP contribution in [0.2, 0.25) is 0 Å². The number of rotatable bonds is 4. The SMILES string of the molecule is O=C(Nc1ccccn1)C(c1ccccc1)n1cc2cccc(F)c2n1. The van der Waals surface area contributed by atoms with Gasteiger partial charge in [-0.15, -0.1) is 0 Å². The molecule has 1 amide bonds. The van der Waals surface area contributed by atoms with Crippen LogP contribution in [-0.4, -0.2) is 20.7 Å². The Kier molecular flexibility index (Phi) is 4.15. The lowest BCUT2D eigenvalue weighted by Crippen LogP contribution is -2.27. The van der Waals surface area contributed by atoms with Gasteiger partial charge < -0.3 is 5.32 Å². The molecule has 0 saturated carbocycles. The van der Waals surface area contributed by atoms with E-state index in [4.69, 9.17) is 0 Å². The molecule has 4 aromatic rings. The summed E-state index contributed by atoms with van der Waals surface area (Å²) >= 11 is 0. The zero-order chi connectivity index (χ0) is 17.9. The monoisotopic (exact) mass is 346 g/mol. The third kappa shape index (κ3) is 3.04. The Morgan fingerprint density at radius 3 is 2.54 bits per heavy atom. The molecule has 0 saturated heterocycles. The number of hydrogen-bond acceptors (Lipinski definition) is 3. The predicted molar refractivity (Wildman–Crippen MR) is 97.1 cm³/mol. The normalized spacial score (nSPS) is 12.0. The molecule has 0 aliphatic heterocycles. The number of nitrogens with one attached hydrogen (secondary N) is 1. The highest BCUT2D eigenvalue weighted by Gasteiger charge is 2.24. The number of nitrogens with zero attached hydrogens (tertiary/aromatic N) is 3. The molecule has 0 spiro atoms. The highest BCUT2D eigenvalue weighted by molar-refractivity contribution is 5.95. The van der Waals surface area contributed by atoms with Crippen LogP contribution in [0.3, 0.4) is 0 Å². The quantitative estimate of drug-likeness (QED) is 0.611. The van der Waals surface area contributed by atoms with E-state index in [-0.39, 0.29) is 11.4 Å². The lowest BCUT2D eigenvalue weighted by Gasteiger charge is -2.17. The average Bonchev–Trinajstić information content (AvgIpc) is 3.09. The second-order valence-electron chi connectivity index (χ2n) is 5.80. The topological polar surface area (TPSA) is 59.8 Å². The van der Waals surface area contributed by atoms with Gasteiger partial charge in [0.25, 0.3) is 5.91 Å². The molecule has 1 atom stereocenters. The summed E-state index contributed by atoms with van der Waals surface area (Å²) in [7, 11) is 0. The Morgan fingerprint density at radius 2 is 1.81 bits per heavy atom. The van der Waals surface area contributed by atoms with E-state index in [2.05, 4.69) is 15.4 Å². The zero-order valence-electron chi connectivity index (χ0n) is 13.7. The number of halogens is 1. The van der Waals surface area contributed by atoms with Crippen LogP contribution in [0.25, 0.3) is 10.9 Å². The van der Waals surface area contributed by atoms with Gasteiger partial charge in [0.05, 0.1) is 0 Å². The van der Waals surface area contributed by atoms with Crippen molar-refractivity contribution < 1.29 is 9.18 Å². The third-order valence-electron chi connectivity index (χ3n) is 4.05. The van der Waals surface area contributed by atoms with E-state index in [9.17, 15) is 9.18 Å². The van der Waals surface area contributed by atoms with Gasteiger partial charge in [0.2, 0.25) is 0 Å². The Hall–Kier alpha value is -3.54. The Morgan fingerprint density at radius 1 is 1.00 bits per heavy atom. The molecule has 26 heavy (non-hydrogen) atoms. The first-order valence-corrected chi connectivity index (χ1v) is 8.12. The van der Waals surface area contributed by atoms with Gasteiger partial charge in [-0.05, 0) is 23.8 Å². The molecular weight excluding hydrogens is 331 g/mol. The first-order chi connectivity index (χ1) is 12.7. The number of pyridine rings is 1. The van der Waals surface area contributed by atoms with Crippen molar-refractivity contribution in [3.8, 4) is 0 Å². The largest absolute Gasteiger partial charge is 0.309 e. The van der Waals surface area contributed by atoms with E-state index in [0.717, 1.165) is 5.56 Å². The van der Waals surface area contributed by atoms with Gasteiger partial charge in [-0.25, -0.2) is 9.37 Å². The van der Waals surface area contributed by atoms with Crippen LogP contribution in [0, 0.1) is 5.82 Å². The molecule has 0 aliphatic carbocycles. The van der Waals surface area contributed by atoms with Crippen LogP contribution < -0.4 is 5.32 Å². The van der Waals surface area contributed by atoms with Crippen molar-refractivity contribution in [1.29, 1.82) is 0 Å². The fourth-order valence-electron chi connectivity index (χ4n) is 2.85. The van der Waals surface area contributed by atoms with Crippen molar-refractivity contribution in [3.63, 3.8) is 0 Å². The molecule has 2 aromatic heterocycles. The number of carbonyl (C=O) groups excluding carboxylic acids is 1. The van der Waals surface area contributed by atoms with Gasteiger partial charge in [0, 0.05) is 17.8 Å². The van der Waals surface area contributed by atoms with Crippen molar-refractivity contribution in [1.82, 2.24) is 14.8 Å². The molecule has 2 heterocycles. The number of fused-ring (bicyclic) bond motifs is 1. The molecular formula is C20H15FN4O. The molecule has 4 rings (SSSR count). The summed E-state index contributed by atoms with van der Waals surface area (Å²) in [5.74, 6) is -0.275. The smallest absolute Gasteiger partial charge is 0.254 e. The molecule has 1 N–H and O–H groups in total. The van der Waals surface area contributed by atoms with E-state index in [1.165, 1.54) is 10.7 Å². The number of hydrogen-bond donors (Lipinski definition) is 1. The minimum absolute atomic E-state index is 0.235. The van der Waals surface area contributed by atoms with E-state index in [1.54, 1.807) is 42.7 Å². The highest BCUT2D eigenvalue weighted by Crippen LogP contribution is 2.24. The molecule has 0 radical (unpaired) electrons. The van der Waals surface area contributed by atoms with Crippen LogP contribution in [0.1, 0.15) is 11.6 Å². The van der Waals surface area contributed by atoms with Gasteiger partial charge in [-0.3, -0.25) is 9.48 Å². The summed E-state index contributed by atoms with van der Waals surface area (Å²) in [6, 6.07) is 18.5. The summed E-state index contributed by atoms with van der Waals surface area (Å²) in [4.78, 5) is 17.1. The molecule has 5 nitrogen and oxygen atoms in total. The zero-order valence-corrected chi connectivity index (χ0v) is 13.7. The second kappa shape index (κ2) is 6.76. The lowest BCUT2D eigenvalue weighted by molar-refractivity contribution is -0.118. The Bertz CT molecular complexity index is 1050. The van der Waals surface area contributed by atoms with Gasteiger partial charge in [-0.1, -0.05) is 48.5 Å². The van der Waals surface area contributed by atoms with E-state index in [1.807, 2.05) is 30.3 Å². The van der Waals surface area contributed by atoms with Crippen molar-refractivity contribution >= 4 is 22.6 Å². The summed E-state index contributed by atoms with van der Waals surface area (Å²) < 4.78 is 15.5. The molecule has 2 aromatic carbocycles. The molecule has 0 fully saturated rings. The maximum atomic E-state index is 14.0. The highest BCUT2D eigenvalue weighted by atomic mass is 19.1. The van der Waals surface area contributed by atoms with Gasteiger partial charge >= 0.3 is 0 Å². The summed E-state index contributed by atoms with van der Waals surface area (Å²) in [5, 5.41) is 7.74. The standard InChI is InChI=1S/C20H15FN4O/c21-16-10-6-9-15-13-25(24-18(15)16)19(14-7-2-1-3-8-14)20(26)23-17-11-4-5-12-22-17/h1-13,19H,(H,22,23,26). The Labute approximate surface area is 149 Å². The fraction of sp³-hybridized carbons (Fsp3) is 0.0500. The van der Waals surface area contributed by atoms with Crippen molar-refractivity contribution in [2.24, 2.45) is 0 Å². The number of benzene rings is 2. The van der Waals surface area contributed by atoms with Gasteiger partial charge in [0.15, 0.2) is 11.9 Å². The third-order valence-corrected chi connectivity index (χ3v) is 4.05. The predicted octanol–water partition coefficient (Wildman–Crippen LogP) is 3.80. The van der Waals surface area contributed by atoms with Gasteiger partial charge in [-0.2, -0.15) is 5.10 Å². The number of anilines is 1. The summed E-state index contributed by atoms with van der Waals surface area (Å²) in [6.07, 6.45) is 3.28. The molecule has 1 unspecified atom stereocenters. The second-order valence-corrected chi connectivity index (χ2v) is 5.80. The molecule has 6 heteroatoms. The Balaban J connectivity index is 1.77. The minimum Gasteiger partial charge on any atom is -0.309 e. The van der Waals surface area contributed by atoms with Gasteiger partial charge in [0.1, 0.15) is 11.3 Å².